The number of esters is 1. The lowest BCUT2D eigenvalue weighted by Crippen LogP contribution is -2.38. The van der Waals surface area contributed by atoms with E-state index in [-0.39, 0.29) is 30.2 Å². The Labute approximate surface area is 199 Å². The van der Waals surface area contributed by atoms with Crippen LogP contribution in [-0.4, -0.2) is 68.5 Å². The topological polar surface area (TPSA) is 85.4 Å². The van der Waals surface area contributed by atoms with E-state index in [2.05, 4.69) is 4.90 Å². The Hall–Kier alpha value is -3.39. The second-order valence-corrected chi connectivity index (χ2v) is 8.50. The first-order valence-corrected chi connectivity index (χ1v) is 11.5. The van der Waals surface area contributed by atoms with E-state index in [1.54, 1.807) is 38.5 Å². The molecule has 0 radical (unpaired) electrons. The largest absolute Gasteiger partial charge is 0.493 e. The molecule has 0 spiro atoms. The van der Waals surface area contributed by atoms with Crippen molar-refractivity contribution >= 4 is 17.8 Å². The van der Waals surface area contributed by atoms with Gasteiger partial charge in [0, 0.05) is 19.1 Å². The Morgan fingerprint density at radius 3 is 2.18 bits per heavy atom. The van der Waals surface area contributed by atoms with Crippen molar-refractivity contribution < 1.29 is 28.6 Å². The number of ether oxygens (including phenoxy) is 3. The van der Waals surface area contributed by atoms with Crippen LogP contribution < -0.4 is 9.47 Å². The Kier molecular flexibility index (Phi) is 7.17. The second kappa shape index (κ2) is 10.3. The second-order valence-electron chi connectivity index (χ2n) is 8.50. The predicted molar refractivity (Wildman–Crippen MR) is 125 cm³/mol. The third kappa shape index (κ3) is 4.50. The van der Waals surface area contributed by atoms with E-state index < -0.39 is 0 Å². The van der Waals surface area contributed by atoms with Crippen molar-refractivity contribution in [2.24, 2.45) is 0 Å². The number of carbonyl (C=O) groups is 3. The van der Waals surface area contributed by atoms with Crippen molar-refractivity contribution in [2.75, 3.05) is 41.0 Å². The summed E-state index contributed by atoms with van der Waals surface area (Å²) in [6.45, 7) is 1.90. The molecule has 2 aromatic carbocycles. The summed E-state index contributed by atoms with van der Waals surface area (Å²) >= 11 is 0. The SMILES string of the molecule is COC(=O)C[C@@H]1c2cc(OC)c(OC)cc2CCN1CCCCN1C(=O)c2ccccc2C1=O. The molecule has 0 fully saturated rings. The van der Waals surface area contributed by atoms with Gasteiger partial charge in [-0.2, -0.15) is 0 Å². The minimum atomic E-state index is -0.274. The zero-order valence-electron chi connectivity index (χ0n) is 19.8. The van der Waals surface area contributed by atoms with E-state index >= 15 is 0 Å². The molecule has 0 bridgehead atoms. The minimum Gasteiger partial charge on any atom is -0.493 e. The molecule has 8 heteroatoms. The first kappa shape index (κ1) is 23.8. The lowest BCUT2D eigenvalue weighted by Gasteiger charge is -2.37. The summed E-state index contributed by atoms with van der Waals surface area (Å²) in [5.41, 5.74) is 3.12. The van der Waals surface area contributed by atoms with Crippen LogP contribution in [0.1, 0.15) is 57.1 Å². The van der Waals surface area contributed by atoms with E-state index in [0.717, 1.165) is 37.1 Å². The third-order valence-electron chi connectivity index (χ3n) is 6.66. The fraction of sp³-hybridized carbons (Fsp3) is 0.423. The third-order valence-corrected chi connectivity index (χ3v) is 6.66. The molecule has 2 heterocycles. The molecule has 2 aliphatic heterocycles. The van der Waals surface area contributed by atoms with Crippen molar-refractivity contribution in [3.63, 3.8) is 0 Å². The molecule has 0 N–H and O–H groups in total. The van der Waals surface area contributed by atoms with Gasteiger partial charge in [0.1, 0.15) is 0 Å². The number of amides is 2. The fourth-order valence-corrected chi connectivity index (χ4v) is 4.86. The number of hydrogen-bond acceptors (Lipinski definition) is 7. The Morgan fingerprint density at radius 1 is 0.941 bits per heavy atom. The van der Waals surface area contributed by atoms with Crippen LogP contribution in [0.2, 0.25) is 0 Å². The highest BCUT2D eigenvalue weighted by atomic mass is 16.5. The maximum atomic E-state index is 12.6. The summed E-state index contributed by atoms with van der Waals surface area (Å²) in [5.74, 6) is 0.578. The van der Waals surface area contributed by atoms with Gasteiger partial charge in [-0.25, -0.2) is 0 Å². The molecule has 1 atom stereocenters. The van der Waals surface area contributed by atoms with E-state index in [4.69, 9.17) is 14.2 Å². The number of unbranched alkanes of at least 4 members (excludes halogenated alkanes) is 1. The normalized spacial score (nSPS) is 17.4. The number of methoxy groups -OCH3 is 3. The number of carbonyl (C=O) groups excluding carboxylic acids is 3. The average Bonchev–Trinajstić information content (AvgIpc) is 3.11. The van der Waals surface area contributed by atoms with E-state index in [1.807, 2.05) is 12.1 Å². The number of benzene rings is 2. The van der Waals surface area contributed by atoms with Crippen molar-refractivity contribution in [2.45, 2.75) is 31.7 Å². The van der Waals surface area contributed by atoms with Gasteiger partial charge in [-0.3, -0.25) is 24.2 Å². The Bertz CT molecular complexity index is 1060. The predicted octanol–water partition coefficient (Wildman–Crippen LogP) is 3.24. The smallest absolute Gasteiger partial charge is 0.307 e. The quantitative estimate of drug-likeness (QED) is 0.319. The van der Waals surface area contributed by atoms with Crippen LogP contribution >= 0.6 is 0 Å². The van der Waals surface area contributed by atoms with Gasteiger partial charge in [0.25, 0.3) is 11.8 Å². The summed E-state index contributed by atoms with van der Waals surface area (Å²) in [7, 11) is 4.60. The van der Waals surface area contributed by atoms with Gasteiger partial charge in [0.2, 0.25) is 0 Å². The van der Waals surface area contributed by atoms with Gasteiger partial charge >= 0.3 is 5.97 Å². The van der Waals surface area contributed by atoms with Crippen LogP contribution in [0.4, 0.5) is 0 Å². The average molecular weight is 467 g/mol. The Morgan fingerprint density at radius 2 is 1.56 bits per heavy atom. The van der Waals surface area contributed by atoms with Crippen molar-refractivity contribution in [1.82, 2.24) is 9.80 Å². The van der Waals surface area contributed by atoms with Crippen LogP contribution in [0.25, 0.3) is 0 Å². The van der Waals surface area contributed by atoms with Crippen molar-refractivity contribution in [3.05, 3.63) is 58.7 Å². The van der Waals surface area contributed by atoms with Crippen LogP contribution in [0, 0.1) is 0 Å². The van der Waals surface area contributed by atoms with Crippen LogP contribution in [0.5, 0.6) is 11.5 Å². The fourth-order valence-electron chi connectivity index (χ4n) is 4.86. The van der Waals surface area contributed by atoms with Gasteiger partial charge in [-0.05, 0) is 61.2 Å². The number of fused-ring (bicyclic) bond motifs is 2. The zero-order chi connectivity index (χ0) is 24.2. The first-order valence-electron chi connectivity index (χ1n) is 11.5. The van der Waals surface area contributed by atoms with Crippen LogP contribution in [0.15, 0.2) is 36.4 Å². The van der Waals surface area contributed by atoms with Gasteiger partial charge in [0.05, 0.1) is 38.9 Å². The Balaban J connectivity index is 1.43. The summed E-state index contributed by atoms with van der Waals surface area (Å²) in [6.07, 6.45) is 2.53. The molecule has 0 aromatic heterocycles. The first-order chi connectivity index (χ1) is 16.5. The lowest BCUT2D eigenvalue weighted by atomic mass is 9.89. The van der Waals surface area contributed by atoms with E-state index in [9.17, 15) is 14.4 Å². The summed E-state index contributed by atoms with van der Waals surface area (Å²) < 4.78 is 15.9. The maximum absolute atomic E-state index is 12.6. The summed E-state index contributed by atoms with van der Waals surface area (Å²) in [6, 6.07) is 10.7. The minimum absolute atomic E-state index is 0.143. The molecule has 34 heavy (non-hydrogen) atoms. The monoisotopic (exact) mass is 466 g/mol. The molecule has 8 nitrogen and oxygen atoms in total. The number of imide groups is 1. The molecular formula is C26H30N2O6. The highest BCUT2D eigenvalue weighted by Gasteiger charge is 2.35. The van der Waals surface area contributed by atoms with Crippen molar-refractivity contribution in [3.8, 4) is 11.5 Å². The van der Waals surface area contributed by atoms with Crippen molar-refractivity contribution in [1.29, 1.82) is 0 Å². The highest BCUT2D eigenvalue weighted by molar-refractivity contribution is 6.21. The highest BCUT2D eigenvalue weighted by Crippen LogP contribution is 2.39. The van der Waals surface area contributed by atoms with Crippen LogP contribution in [0.3, 0.4) is 0 Å². The molecule has 0 saturated heterocycles. The molecule has 180 valence electrons. The number of nitrogens with zero attached hydrogens (tertiary/aromatic N) is 2. The standard InChI is InChI=1S/C26H30N2O6/c1-32-22-14-17-10-13-27(21(16-24(29)34-3)20(17)15-23(22)33-2)11-6-7-12-28-25(30)18-8-4-5-9-19(18)26(28)31/h4-5,8-9,14-15,21H,6-7,10-13,16H2,1-3H3/t21-/m1/s1. The van der Waals surface area contributed by atoms with Crippen LogP contribution in [-0.2, 0) is 16.0 Å². The zero-order valence-corrected chi connectivity index (χ0v) is 19.8. The number of hydrogen-bond donors (Lipinski definition) is 0. The van der Waals surface area contributed by atoms with Gasteiger partial charge < -0.3 is 14.2 Å². The molecule has 2 aliphatic rings. The molecule has 2 aromatic rings. The molecule has 2 amide bonds. The molecular weight excluding hydrogens is 436 g/mol. The van der Waals surface area contributed by atoms with Gasteiger partial charge in [-0.15, -0.1) is 0 Å². The molecule has 0 saturated carbocycles. The molecule has 0 unspecified atom stereocenters. The van der Waals surface area contributed by atoms with Gasteiger partial charge in [0.15, 0.2) is 11.5 Å². The van der Waals surface area contributed by atoms with E-state index in [1.165, 1.54) is 12.0 Å². The summed E-state index contributed by atoms with van der Waals surface area (Å²) in [4.78, 5) is 41.0. The number of rotatable bonds is 9. The van der Waals surface area contributed by atoms with E-state index in [0.29, 0.717) is 35.6 Å². The van der Waals surface area contributed by atoms with Gasteiger partial charge in [-0.1, -0.05) is 12.1 Å². The maximum Gasteiger partial charge on any atom is 0.307 e. The summed E-state index contributed by atoms with van der Waals surface area (Å²) in [5, 5.41) is 0. The molecule has 0 aliphatic carbocycles. The molecule has 4 rings (SSSR count). The lowest BCUT2D eigenvalue weighted by molar-refractivity contribution is -0.142.